The number of aromatic nitrogens is 3. The number of nitrogens with zero attached hydrogens (tertiary/aromatic N) is 4. The lowest BCUT2D eigenvalue weighted by Gasteiger charge is -2.13. The van der Waals surface area contributed by atoms with E-state index in [1.54, 1.807) is 0 Å². The molecule has 124 valence electrons. The van der Waals surface area contributed by atoms with E-state index in [9.17, 15) is 0 Å². The van der Waals surface area contributed by atoms with E-state index in [-0.39, 0.29) is 0 Å². The summed E-state index contributed by atoms with van der Waals surface area (Å²) in [6, 6.07) is 5.85. The minimum atomic E-state index is 0.394. The number of guanidine groups is 1. The summed E-state index contributed by atoms with van der Waals surface area (Å²) in [4.78, 5) is 4.60. The van der Waals surface area contributed by atoms with Crippen LogP contribution in [0.3, 0.4) is 0 Å². The first-order valence-corrected chi connectivity index (χ1v) is 8.29. The zero-order valence-electron chi connectivity index (χ0n) is 13.5. The van der Waals surface area contributed by atoms with Crippen molar-refractivity contribution in [3.63, 3.8) is 0 Å². The fourth-order valence-electron chi connectivity index (χ4n) is 2.71. The van der Waals surface area contributed by atoms with Gasteiger partial charge in [0, 0.05) is 25.9 Å². The summed E-state index contributed by atoms with van der Waals surface area (Å²) in [5.74, 6) is 1.63. The van der Waals surface area contributed by atoms with Gasteiger partial charge in [-0.2, -0.15) is 0 Å². The lowest BCUT2D eigenvalue weighted by Crippen LogP contribution is -2.38. The molecule has 0 spiro atoms. The van der Waals surface area contributed by atoms with Crippen molar-refractivity contribution in [3.05, 3.63) is 30.2 Å². The molecule has 3 rings (SSSR count). The molecule has 1 aliphatic rings. The summed E-state index contributed by atoms with van der Waals surface area (Å²) in [7, 11) is 0. The van der Waals surface area contributed by atoms with Gasteiger partial charge in [0.05, 0.1) is 6.10 Å². The second-order valence-corrected chi connectivity index (χ2v) is 5.59. The van der Waals surface area contributed by atoms with Gasteiger partial charge >= 0.3 is 0 Å². The Bertz CT molecular complexity index is 647. The summed E-state index contributed by atoms with van der Waals surface area (Å²) in [5, 5.41) is 15.0. The molecule has 0 aliphatic carbocycles. The summed E-state index contributed by atoms with van der Waals surface area (Å²) in [6.45, 7) is 5.13. The van der Waals surface area contributed by atoms with Gasteiger partial charge in [-0.1, -0.05) is 6.07 Å². The number of fused-ring (bicyclic) bond motifs is 1. The van der Waals surface area contributed by atoms with Crippen molar-refractivity contribution in [2.45, 2.75) is 38.8 Å². The van der Waals surface area contributed by atoms with Gasteiger partial charge in [-0.05, 0) is 38.3 Å². The number of ether oxygens (including phenoxy) is 1. The molecule has 0 bridgehead atoms. The third-order valence-corrected chi connectivity index (χ3v) is 3.89. The Labute approximate surface area is 136 Å². The molecule has 2 N–H and O–H groups in total. The van der Waals surface area contributed by atoms with Crippen LogP contribution in [-0.4, -0.2) is 46.4 Å². The van der Waals surface area contributed by atoms with E-state index < -0.39 is 0 Å². The fourth-order valence-corrected chi connectivity index (χ4v) is 2.71. The molecule has 1 aliphatic heterocycles. The van der Waals surface area contributed by atoms with Crippen LogP contribution in [0.4, 0.5) is 0 Å². The van der Waals surface area contributed by atoms with Gasteiger partial charge in [0.1, 0.15) is 6.54 Å². The SMILES string of the molecule is CCNC(=NCc1nnc2ccccn12)NCCC1CCCO1. The van der Waals surface area contributed by atoms with Gasteiger partial charge in [0.15, 0.2) is 17.4 Å². The Hall–Kier alpha value is -2.15. The smallest absolute Gasteiger partial charge is 0.191 e. The summed E-state index contributed by atoms with van der Waals surface area (Å²) in [5.41, 5.74) is 0.842. The van der Waals surface area contributed by atoms with E-state index in [0.29, 0.717) is 12.6 Å². The number of hydrogen-bond acceptors (Lipinski definition) is 4. The van der Waals surface area contributed by atoms with Crippen molar-refractivity contribution in [1.82, 2.24) is 25.2 Å². The van der Waals surface area contributed by atoms with Crippen LogP contribution in [0.25, 0.3) is 5.65 Å². The Balaban J connectivity index is 1.57. The van der Waals surface area contributed by atoms with Crippen LogP contribution in [-0.2, 0) is 11.3 Å². The minimum absolute atomic E-state index is 0.394. The third kappa shape index (κ3) is 4.19. The number of hydrogen-bond donors (Lipinski definition) is 2. The highest BCUT2D eigenvalue weighted by Gasteiger charge is 2.14. The van der Waals surface area contributed by atoms with E-state index in [2.05, 4.69) is 32.7 Å². The first kappa shape index (κ1) is 15.7. The van der Waals surface area contributed by atoms with E-state index >= 15 is 0 Å². The van der Waals surface area contributed by atoms with Gasteiger partial charge < -0.3 is 15.4 Å². The van der Waals surface area contributed by atoms with Crippen molar-refractivity contribution in [2.75, 3.05) is 19.7 Å². The lowest BCUT2D eigenvalue weighted by atomic mass is 10.2. The molecule has 1 saturated heterocycles. The molecule has 7 nitrogen and oxygen atoms in total. The first-order chi connectivity index (χ1) is 11.4. The van der Waals surface area contributed by atoms with Crippen LogP contribution in [0, 0.1) is 0 Å². The van der Waals surface area contributed by atoms with Crippen LogP contribution in [0.2, 0.25) is 0 Å². The highest BCUT2D eigenvalue weighted by molar-refractivity contribution is 5.79. The molecule has 0 saturated carbocycles. The van der Waals surface area contributed by atoms with Gasteiger partial charge in [0.25, 0.3) is 0 Å². The maximum Gasteiger partial charge on any atom is 0.191 e. The molecular weight excluding hydrogens is 292 g/mol. The van der Waals surface area contributed by atoms with Crippen LogP contribution in [0.1, 0.15) is 32.0 Å². The summed E-state index contributed by atoms with van der Waals surface area (Å²) < 4.78 is 7.60. The second kappa shape index (κ2) is 7.92. The molecule has 0 radical (unpaired) electrons. The zero-order chi connectivity index (χ0) is 15.9. The van der Waals surface area contributed by atoms with Crippen molar-refractivity contribution < 1.29 is 4.74 Å². The van der Waals surface area contributed by atoms with E-state index in [4.69, 9.17) is 4.74 Å². The van der Waals surface area contributed by atoms with E-state index in [1.807, 2.05) is 28.8 Å². The van der Waals surface area contributed by atoms with E-state index in [1.165, 1.54) is 12.8 Å². The largest absolute Gasteiger partial charge is 0.378 e. The Morgan fingerprint density at radius 3 is 3.17 bits per heavy atom. The number of nitrogens with one attached hydrogen (secondary N) is 2. The summed E-state index contributed by atoms with van der Waals surface area (Å²) in [6.07, 6.45) is 5.71. The highest BCUT2D eigenvalue weighted by Crippen LogP contribution is 2.14. The molecule has 1 unspecified atom stereocenters. The maximum absolute atomic E-state index is 5.64. The van der Waals surface area contributed by atoms with Crippen LogP contribution in [0.5, 0.6) is 0 Å². The van der Waals surface area contributed by atoms with Gasteiger partial charge in [-0.25, -0.2) is 4.99 Å². The van der Waals surface area contributed by atoms with E-state index in [0.717, 1.165) is 43.5 Å². The zero-order valence-corrected chi connectivity index (χ0v) is 13.5. The molecule has 3 heterocycles. The normalized spacial score (nSPS) is 18.5. The molecule has 1 fully saturated rings. The van der Waals surface area contributed by atoms with Crippen molar-refractivity contribution in [1.29, 1.82) is 0 Å². The predicted molar refractivity (Wildman–Crippen MR) is 89.4 cm³/mol. The fraction of sp³-hybridized carbons (Fsp3) is 0.562. The van der Waals surface area contributed by atoms with Gasteiger partial charge in [0.2, 0.25) is 0 Å². The topological polar surface area (TPSA) is 75.8 Å². The van der Waals surface area contributed by atoms with Crippen LogP contribution < -0.4 is 10.6 Å². The maximum atomic E-state index is 5.64. The predicted octanol–water partition coefficient (Wildman–Crippen LogP) is 1.35. The number of rotatable bonds is 6. The standard InChI is InChI=1S/C16H24N6O/c1-2-17-16(18-9-8-13-6-5-11-23-13)19-12-15-21-20-14-7-3-4-10-22(14)15/h3-4,7,10,13H,2,5-6,8-9,11-12H2,1H3,(H2,17,18,19). The Kier molecular flexibility index (Phi) is 5.42. The van der Waals surface area contributed by atoms with Crippen molar-refractivity contribution >= 4 is 11.6 Å². The second-order valence-electron chi connectivity index (χ2n) is 5.59. The molecule has 2 aromatic rings. The minimum Gasteiger partial charge on any atom is -0.378 e. The lowest BCUT2D eigenvalue weighted by molar-refractivity contribution is 0.105. The Morgan fingerprint density at radius 2 is 2.35 bits per heavy atom. The first-order valence-electron chi connectivity index (χ1n) is 8.29. The van der Waals surface area contributed by atoms with Crippen LogP contribution in [0.15, 0.2) is 29.4 Å². The van der Waals surface area contributed by atoms with Crippen molar-refractivity contribution in [2.24, 2.45) is 4.99 Å². The Morgan fingerprint density at radius 1 is 1.39 bits per heavy atom. The van der Waals surface area contributed by atoms with Gasteiger partial charge in [-0.3, -0.25) is 4.40 Å². The monoisotopic (exact) mass is 316 g/mol. The molecule has 23 heavy (non-hydrogen) atoms. The number of pyridine rings is 1. The summed E-state index contributed by atoms with van der Waals surface area (Å²) >= 11 is 0. The molecule has 0 amide bonds. The third-order valence-electron chi connectivity index (χ3n) is 3.89. The van der Waals surface area contributed by atoms with Gasteiger partial charge in [-0.15, -0.1) is 10.2 Å². The highest BCUT2D eigenvalue weighted by atomic mass is 16.5. The average molecular weight is 316 g/mol. The van der Waals surface area contributed by atoms with Crippen molar-refractivity contribution in [3.8, 4) is 0 Å². The molecule has 1 atom stereocenters. The molecule has 2 aromatic heterocycles. The molecular formula is C16H24N6O. The molecule has 7 heteroatoms. The average Bonchev–Trinajstić information content (AvgIpc) is 3.22. The van der Waals surface area contributed by atoms with Crippen LogP contribution >= 0.6 is 0 Å². The number of aliphatic imine (C=N–C) groups is 1. The molecule has 0 aromatic carbocycles. The quantitative estimate of drug-likeness (QED) is 0.621.